The molecule has 0 fully saturated rings. The lowest BCUT2D eigenvalue weighted by atomic mass is 10.1. The number of hydrogen-bond donors (Lipinski definition) is 1. The Morgan fingerprint density at radius 2 is 2.12 bits per heavy atom. The highest BCUT2D eigenvalue weighted by Crippen LogP contribution is 2.40. The zero-order valence-electron chi connectivity index (χ0n) is 15.1. The highest BCUT2D eigenvalue weighted by Gasteiger charge is 2.24. The predicted octanol–water partition coefficient (Wildman–Crippen LogP) is 4.92. The second kappa shape index (κ2) is 7.00. The van der Waals surface area contributed by atoms with E-state index in [-0.39, 0.29) is 11.2 Å². The van der Waals surface area contributed by atoms with Gasteiger partial charge in [0.2, 0.25) is 5.91 Å². The third-order valence-corrected chi connectivity index (χ3v) is 7.08. The predicted molar refractivity (Wildman–Crippen MR) is 109 cm³/mol. The number of rotatable bonds is 4. The van der Waals surface area contributed by atoms with Crippen molar-refractivity contribution < 1.29 is 4.79 Å². The van der Waals surface area contributed by atoms with Crippen LogP contribution in [0.2, 0.25) is 0 Å². The summed E-state index contributed by atoms with van der Waals surface area (Å²) in [4.78, 5) is 24.1. The quantitative estimate of drug-likeness (QED) is 0.513. The summed E-state index contributed by atoms with van der Waals surface area (Å²) in [5, 5.41) is 4.93. The number of thiophene rings is 1. The van der Waals surface area contributed by atoms with Gasteiger partial charge < -0.3 is 5.32 Å². The minimum Gasteiger partial charge on any atom is -0.325 e. The molecule has 0 unspecified atom stereocenters. The van der Waals surface area contributed by atoms with Gasteiger partial charge in [0.25, 0.3) is 0 Å². The molecule has 0 bridgehead atoms. The van der Waals surface area contributed by atoms with Crippen LogP contribution in [0.1, 0.15) is 34.9 Å². The Morgan fingerprint density at radius 1 is 1.27 bits per heavy atom. The first-order chi connectivity index (χ1) is 12.5. The van der Waals surface area contributed by atoms with E-state index in [4.69, 9.17) is 0 Å². The molecule has 3 aromatic rings. The van der Waals surface area contributed by atoms with Gasteiger partial charge in [-0.25, -0.2) is 9.97 Å². The Hall–Kier alpha value is -1.92. The fourth-order valence-electron chi connectivity index (χ4n) is 3.31. The van der Waals surface area contributed by atoms with E-state index in [0.717, 1.165) is 39.5 Å². The van der Waals surface area contributed by atoms with Crippen LogP contribution in [0.5, 0.6) is 0 Å². The van der Waals surface area contributed by atoms with E-state index in [2.05, 4.69) is 21.4 Å². The second-order valence-electron chi connectivity index (χ2n) is 6.78. The zero-order chi connectivity index (χ0) is 18.3. The lowest BCUT2D eigenvalue weighted by molar-refractivity contribution is -0.115. The summed E-state index contributed by atoms with van der Waals surface area (Å²) in [6.45, 7) is 5.98. The van der Waals surface area contributed by atoms with Gasteiger partial charge in [0.15, 0.2) is 0 Å². The highest BCUT2D eigenvalue weighted by atomic mass is 32.2. The molecule has 26 heavy (non-hydrogen) atoms. The molecule has 6 heteroatoms. The molecule has 4 rings (SSSR count). The Kier molecular flexibility index (Phi) is 4.71. The van der Waals surface area contributed by atoms with Crippen molar-refractivity contribution in [2.45, 2.75) is 50.3 Å². The first kappa shape index (κ1) is 17.5. The molecule has 1 aliphatic rings. The molecule has 0 saturated heterocycles. The number of amides is 1. The van der Waals surface area contributed by atoms with Crippen molar-refractivity contribution >= 4 is 44.9 Å². The van der Waals surface area contributed by atoms with E-state index >= 15 is 0 Å². The average molecular weight is 384 g/mol. The molecule has 4 nitrogen and oxygen atoms in total. The molecule has 134 valence electrons. The van der Waals surface area contributed by atoms with E-state index in [9.17, 15) is 4.79 Å². The number of carbonyl (C=O) groups excluding carboxylic acids is 1. The third-order valence-electron chi connectivity index (χ3n) is 4.78. The minimum absolute atomic E-state index is 0.00216. The monoisotopic (exact) mass is 383 g/mol. The van der Waals surface area contributed by atoms with Crippen LogP contribution in [0.15, 0.2) is 29.6 Å². The summed E-state index contributed by atoms with van der Waals surface area (Å²) in [6.07, 6.45) is 5.06. The van der Waals surface area contributed by atoms with Crippen LogP contribution >= 0.6 is 23.1 Å². The molecule has 0 aliphatic heterocycles. The van der Waals surface area contributed by atoms with Crippen molar-refractivity contribution in [3.63, 3.8) is 0 Å². The van der Waals surface area contributed by atoms with Crippen molar-refractivity contribution in [2.75, 3.05) is 5.32 Å². The summed E-state index contributed by atoms with van der Waals surface area (Å²) in [7, 11) is 0. The van der Waals surface area contributed by atoms with E-state index in [1.807, 2.05) is 32.9 Å². The number of aryl methyl sites for hydroxylation is 4. The molecule has 0 radical (unpaired) electrons. The number of thioether (sulfide) groups is 1. The Morgan fingerprint density at radius 3 is 2.96 bits per heavy atom. The van der Waals surface area contributed by atoms with Crippen LogP contribution < -0.4 is 5.32 Å². The topological polar surface area (TPSA) is 54.9 Å². The van der Waals surface area contributed by atoms with Crippen LogP contribution in [0, 0.1) is 13.8 Å². The van der Waals surface area contributed by atoms with Crippen molar-refractivity contribution in [1.82, 2.24) is 9.97 Å². The highest BCUT2D eigenvalue weighted by molar-refractivity contribution is 8.00. The SMILES string of the molecule is Cc1ccc(C)c(NC(=O)[C@@H](C)Sc2ncnc3sc4c(c23)CCC4)c1. The van der Waals surface area contributed by atoms with Crippen LogP contribution in [0.4, 0.5) is 5.69 Å². The maximum Gasteiger partial charge on any atom is 0.237 e. The Balaban J connectivity index is 1.56. The van der Waals surface area contributed by atoms with Crippen molar-refractivity contribution in [3.8, 4) is 0 Å². The van der Waals surface area contributed by atoms with Gasteiger partial charge in [-0.1, -0.05) is 23.9 Å². The number of nitrogens with one attached hydrogen (secondary N) is 1. The normalized spacial score (nSPS) is 14.4. The van der Waals surface area contributed by atoms with Crippen molar-refractivity contribution in [2.24, 2.45) is 0 Å². The average Bonchev–Trinajstić information content (AvgIpc) is 3.19. The summed E-state index contributed by atoms with van der Waals surface area (Å²) < 4.78 is 0. The molecule has 1 aliphatic carbocycles. The van der Waals surface area contributed by atoms with Gasteiger partial charge in [0.05, 0.1) is 5.25 Å². The molecular formula is C20H21N3OS2. The number of anilines is 1. The van der Waals surface area contributed by atoms with Gasteiger partial charge in [0.1, 0.15) is 16.2 Å². The molecule has 0 saturated carbocycles. The number of aromatic nitrogens is 2. The van der Waals surface area contributed by atoms with E-state index in [1.165, 1.54) is 34.0 Å². The fourth-order valence-corrected chi connectivity index (χ4v) is 5.55. The second-order valence-corrected chi connectivity index (χ2v) is 9.20. The molecule has 2 aromatic heterocycles. The zero-order valence-corrected chi connectivity index (χ0v) is 16.8. The van der Waals surface area contributed by atoms with Gasteiger partial charge in [0, 0.05) is 16.0 Å². The third kappa shape index (κ3) is 3.23. The maximum atomic E-state index is 12.7. The van der Waals surface area contributed by atoms with Gasteiger partial charge in [-0.15, -0.1) is 11.3 Å². The van der Waals surface area contributed by atoms with E-state index in [1.54, 1.807) is 17.7 Å². The van der Waals surface area contributed by atoms with E-state index in [0.29, 0.717) is 0 Å². The van der Waals surface area contributed by atoms with E-state index < -0.39 is 0 Å². The van der Waals surface area contributed by atoms with Crippen LogP contribution in [0.3, 0.4) is 0 Å². The molecule has 1 N–H and O–H groups in total. The molecule has 1 atom stereocenters. The molecular weight excluding hydrogens is 362 g/mol. The summed E-state index contributed by atoms with van der Waals surface area (Å²) in [6, 6.07) is 6.10. The lowest BCUT2D eigenvalue weighted by Crippen LogP contribution is -2.23. The van der Waals surface area contributed by atoms with Crippen LogP contribution in [0.25, 0.3) is 10.2 Å². The van der Waals surface area contributed by atoms with Crippen LogP contribution in [-0.2, 0) is 17.6 Å². The number of fused-ring (bicyclic) bond motifs is 3. The number of benzene rings is 1. The fraction of sp³-hybridized carbons (Fsp3) is 0.350. The van der Waals surface area contributed by atoms with Crippen molar-refractivity contribution in [3.05, 3.63) is 46.1 Å². The molecule has 2 heterocycles. The van der Waals surface area contributed by atoms with Gasteiger partial charge in [-0.2, -0.15) is 0 Å². The standard InChI is InChI=1S/C20H21N3OS2/c1-11-7-8-12(2)15(9-11)23-18(24)13(3)25-19-17-14-5-4-6-16(14)26-20(17)22-10-21-19/h7-10,13H,4-6H2,1-3H3,(H,23,24)/t13-/m1/s1. The number of hydrogen-bond acceptors (Lipinski definition) is 5. The molecule has 1 aromatic carbocycles. The summed E-state index contributed by atoms with van der Waals surface area (Å²) in [5.74, 6) is 0.00216. The first-order valence-corrected chi connectivity index (χ1v) is 10.5. The number of carbonyl (C=O) groups is 1. The molecule has 0 spiro atoms. The first-order valence-electron chi connectivity index (χ1n) is 8.83. The van der Waals surface area contributed by atoms with Gasteiger partial charge in [-0.3, -0.25) is 4.79 Å². The minimum atomic E-state index is -0.232. The maximum absolute atomic E-state index is 12.7. The summed E-state index contributed by atoms with van der Waals surface area (Å²) in [5.41, 5.74) is 4.49. The lowest BCUT2D eigenvalue weighted by Gasteiger charge is -2.14. The Bertz CT molecular complexity index is 996. The molecule has 1 amide bonds. The summed E-state index contributed by atoms with van der Waals surface area (Å²) >= 11 is 3.30. The number of nitrogens with zero attached hydrogens (tertiary/aromatic N) is 2. The largest absolute Gasteiger partial charge is 0.325 e. The van der Waals surface area contributed by atoms with Crippen LogP contribution in [-0.4, -0.2) is 21.1 Å². The van der Waals surface area contributed by atoms with Crippen molar-refractivity contribution in [1.29, 1.82) is 0 Å². The van der Waals surface area contributed by atoms with Gasteiger partial charge >= 0.3 is 0 Å². The van der Waals surface area contributed by atoms with Gasteiger partial charge in [-0.05, 0) is 62.8 Å². The Labute approximate surface area is 161 Å². The smallest absolute Gasteiger partial charge is 0.237 e.